The van der Waals surface area contributed by atoms with E-state index in [1.807, 2.05) is 37.3 Å². The van der Waals surface area contributed by atoms with Crippen LogP contribution in [0.5, 0.6) is 11.5 Å². The quantitative estimate of drug-likeness (QED) is 0.308. The summed E-state index contributed by atoms with van der Waals surface area (Å²) in [7, 11) is 0. The molecule has 1 atom stereocenters. The second-order valence-electron chi connectivity index (χ2n) is 6.77. The Hall–Kier alpha value is -3.03. The predicted molar refractivity (Wildman–Crippen MR) is 130 cm³/mol. The molecule has 0 bridgehead atoms. The van der Waals surface area contributed by atoms with Gasteiger partial charge in [-0.1, -0.05) is 54.6 Å². The van der Waals surface area contributed by atoms with Crippen LogP contribution in [0.1, 0.15) is 31.0 Å². The van der Waals surface area contributed by atoms with Gasteiger partial charge in [-0.15, -0.1) is 0 Å². The number of carbonyl (C=O) groups excluding carboxylic acids is 1. The Bertz CT molecular complexity index is 1040. The summed E-state index contributed by atoms with van der Waals surface area (Å²) < 4.78 is 16.9. The van der Waals surface area contributed by atoms with Crippen LogP contribution in [0.2, 0.25) is 5.02 Å². The third kappa shape index (κ3) is 5.23. The van der Waals surface area contributed by atoms with Crippen molar-refractivity contribution in [2.45, 2.75) is 19.9 Å². The molecule has 1 heterocycles. The number of halogens is 1. The molecule has 6 nitrogen and oxygen atoms in total. The summed E-state index contributed by atoms with van der Waals surface area (Å²) in [5.41, 5.74) is 2.47. The number of nitrogens with one attached hydrogen (secondary N) is 2. The molecule has 168 valence electrons. The number of carbonyl (C=O) groups is 1. The first kappa shape index (κ1) is 23.6. The first-order chi connectivity index (χ1) is 15.5. The minimum absolute atomic E-state index is 0.237. The zero-order valence-electron chi connectivity index (χ0n) is 17.9. The molecular weight excluding hydrogens is 448 g/mol. The van der Waals surface area contributed by atoms with Crippen molar-refractivity contribution in [3.8, 4) is 11.5 Å². The molecule has 0 saturated carbocycles. The molecule has 3 rings (SSSR count). The maximum Gasteiger partial charge on any atom is 0.338 e. The summed E-state index contributed by atoms with van der Waals surface area (Å²) in [6.45, 7) is 8.23. The minimum atomic E-state index is -0.608. The highest BCUT2D eigenvalue weighted by atomic mass is 35.5. The van der Waals surface area contributed by atoms with E-state index < -0.39 is 12.0 Å². The second-order valence-corrected chi connectivity index (χ2v) is 7.58. The average Bonchev–Trinajstić information content (AvgIpc) is 2.78. The summed E-state index contributed by atoms with van der Waals surface area (Å²) in [6.07, 6.45) is 1.63. The van der Waals surface area contributed by atoms with Crippen molar-refractivity contribution in [2.75, 3.05) is 19.8 Å². The fourth-order valence-electron chi connectivity index (χ4n) is 3.38. The number of hydrogen-bond acceptors (Lipinski definition) is 5. The van der Waals surface area contributed by atoms with Gasteiger partial charge in [-0.3, -0.25) is 0 Å². The van der Waals surface area contributed by atoms with Crippen LogP contribution >= 0.6 is 23.8 Å². The minimum Gasteiger partial charge on any atom is -0.490 e. The van der Waals surface area contributed by atoms with Crippen LogP contribution in [-0.2, 0) is 9.53 Å². The van der Waals surface area contributed by atoms with E-state index in [1.54, 1.807) is 25.1 Å². The van der Waals surface area contributed by atoms with Gasteiger partial charge in [0.15, 0.2) is 16.6 Å². The molecule has 2 N–H and O–H groups in total. The lowest BCUT2D eigenvalue weighted by Crippen LogP contribution is -2.45. The van der Waals surface area contributed by atoms with E-state index in [-0.39, 0.29) is 13.2 Å². The van der Waals surface area contributed by atoms with E-state index in [0.29, 0.717) is 45.1 Å². The van der Waals surface area contributed by atoms with Crippen molar-refractivity contribution < 1.29 is 19.0 Å². The lowest BCUT2D eigenvalue weighted by atomic mass is 9.92. The first-order valence-corrected chi connectivity index (χ1v) is 11.0. The number of esters is 1. The molecular formula is C24H25ClN2O4S. The summed E-state index contributed by atoms with van der Waals surface area (Å²) in [5, 5.41) is 7.01. The monoisotopic (exact) mass is 472 g/mol. The van der Waals surface area contributed by atoms with Gasteiger partial charge in [0.2, 0.25) is 0 Å². The van der Waals surface area contributed by atoms with Crippen molar-refractivity contribution in [3.63, 3.8) is 0 Å². The molecule has 0 aromatic heterocycles. The molecule has 8 heteroatoms. The summed E-state index contributed by atoms with van der Waals surface area (Å²) in [6, 6.07) is 12.4. The van der Waals surface area contributed by atoms with Gasteiger partial charge < -0.3 is 24.8 Å². The van der Waals surface area contributed by atoms with E-state index in [4.69, 9.17) is 38.0 Å². The number of ether oxygens (including phenoxy) is 3. The SMILES string of the molecule is C=CCOc1c(Cl)cc([C@@H]2NC(=S)NC(c3ccccc3)=C2C(=O)OCC)cc1OCC. The molecule has 0 amide bonds. The van der Waals surface area contributed by atoms with Crippen molar-refractivity contribution >= 4 is 40.6 Å². The molecule has 0 radical (unpaired) electrons. The summed E-state index contributed by atoms with van der Waals surface area (Å²) in [5.74, 6) is 0.422. The average molecular weight is 473 g/mol. The van der Waals surface area contributed by atoms with Gasteiger partial charge in [-0.25, -0.2) is 4.79 Å². The molecule has 32 heavy (non-hydrogen) atoms. The van der Waals surface area contributed by atoms with E-state index in [2.05, 4.69) is 17.2 Å². The first-order valence-electron chi connectivity index (χ1n) is 10.2. The molecule has 0 spiro atoms. The maximum atomic E-state index is 13.1. The highest BCUT2D eigenvalue weighted by Gasteiger charge is 2.34. The number of benzene rings is 2. The maximum absolute atomic E-state index is 13.1. The third-order valence-corrected chi connectivity index (χ3v) is 5.14. The van der Waals surface area contributed by atoms with E-state index in [1.165, 1.54) is 0 Å². The van der Waals surface area contributed by atoms with Gasteiger partial charge in [0, 0.05) is 0 Å². The third-order valence-electron chi connectivity index (χ3n) is 4.64. The van der Waals surface area contributed by atoms with E-state index in [0.717, 1.165) is 5.56 Å². The number of rotatable bonds is 9. The van der Waals surface area contributed by atoms with Crippen molar-refractivity contribution in [1.82, 2.24) is 10.6 Å². The zero-order valence-corrected chi connectivity index (χ0v) is 19.5. The van der Waals surface area contributed by atoms with Crippen molar-refractivity contribution in [1.29, 1.82) is 0 Å². The molecule has 2 aromatic rings. The second kappa shape index (κ2) is 11.0. The lowest BCUT2D eigenvalue weighted by molar-refractivity contribution is -0.138. The Morgan fingerprint density at radius 3 is 2.59 bits per heavy atom. The normalized spacial score (nSPS) is 15.5. The van der Waals surface area contributed by atoms with Crippen LogP contribution < -0.4 is 20.1 Å². The molecule has 2 aromatic carbocycles. The Morgan fingerprint density at radius 1 is 1.19 bits per heavy atom. The zero-order chi connectivity index (χ0) is 23.1. The lowest BCUT2D eigenvalue weighted by Gasteiger charge is -2.31. The Labute approximate surface area is 198 Å². The van der Waals surface area contributed by atoms with Crippen LogP contribution in [0.4, 0.5) is 0 Å². The van der Waals surface area contributed by atoms with Gasteiger partial charge in [-0.2, -0.15) is 0 Å². The van der Waals surface area contributed by atoms with Gasteiger partial charge >= 0.3 is 5.97 Å². The highest BCUT2D eigenvalue weighted by Crippen LogP contribution is 2.41. The summed E-state index contributed by atoms with van der Waals surface area (Å²) in [4.78, 5) is 13.1. The van der Waals surface area contributed by atoms with Crippen LogP contribution in [-0.4, -0.2) is 30.9 Å². The molecule has 1 aliphatic rings. The van der Waals surface area contributed by atoms with Crippen molar-refractivity contribution in [2.24, 2.45) is 0 Å². The van der Waals surface area contributed by atoms with Crippen LogP contribution in [0.15, 0.2) is 60.7 Å². The Kier molecular flexibility index (Phi) is 8.14. The largest absolute Gasteiger partial charge is 0.490 e. The molecule has 0 unspecified atom stereocenters. The smallest absolute Gasteiger partial charge is 0.338 e. The summed E-state index contributed by atoms with van der Waals surface area (Å²) >= 11 is 12.0. The van der Waals surface area contributed by atoms with Gasteiger partial charge in [0.25, 0.3) is 0 Å². The number of thiocarbonyl (C=S) groups is 1. The fraction of sp³-hybridized carbons (Fsp3) is 0.250. The molecule has 0 saturated heterocycles. The molecule has 1 aliphatic heterocycles. The van der Waals surface area contributed by atoms with E-state index >= 15 is 0 Å². The van der Waals surface area contributed by atoms with Gasteiger partial charge in [0.05, 0.1) is 35.5 Å². The predicted octanol–water partition coefficient (Wildman–Crippen LogP) is 4.80. The standard InChI is InChI=1S/C24H25ClN2O4S/c1-4-12-31-22-17(25)13-16(14-18(22)29-5-2)21-19(23(28)30-6-3)20(26-24(32)27-21)15-10-8-7-9-11-15/h4,7-11,13-14,21H,1,5-6,12H2,2-3H3,(H2,26,27,32)/t21-/m0/s1. The van der Waals surface area contributed by atoms with Crippen LogP contribution in [0, 0.1) is 0 Å². The van der Waals surface area contributed by atoms with Gasteiger partial charge in [0.1, 0.15) is 6.61 Å². The Balaban J connectivity index is 2.18. The van der Waals surface area contributed by atoms with Crippen molar-refractivity contribution in [3.05, 3.63) is 76.8 Å². The molecule has 0 aliphatic carbocycles. The topological polar surface area (TPSA) is 68.8 Å². The molecule has 0 fully saturated rings. The highest BCUT2D eigenvalue weighted by molar-refractivity contribution is 7.80. The number of hydrogen-bond donors (Lipinski definition) is 2. The van der Waals surface area contributed by atoms with Gasteiger partial charge in [-0.05, 0) is 49.3 Å². The fourth-order valence-corrected chi connectivity index (χ4v) is 3.87. The Morgan fingerprint density at radius 2 is 1.94 bits per heavy atom. The van der Waals surface area contributed by atoms with E-state index in [9.17, 15) is 4.79 Å². The van der Waals surface area contributed by atoms with Crippen LogP contribution in [0.25, 0.3) is 5.70 Å². The van der Waals surface area contributed by atoms with Crippen LogP contribution in [0.3, 0.4) is 0 Å².